The monoisotopic (exact) mass is 378 g/mol. The van der Waals surface area contributed by atoms with Gasteiger partial charge in [-0.05, 0) is 56.7 Å². The average Bonchev–Trinajstić information content (AvgIpc) is 3.08. The van der Waals surface area contributed by atoms with Crippen LogP contribution >= 0.6 is 0 Å². The van der Waals surface area contributed by atoms with Gasteiger partial charge in [-0.3, -0.25) is 10.1 Å². The van der Waals surface area contributed by atoms with Gasteiger partial charge in [-0.1, -0.05) is 24.3 Å². The number of nitrogens with one attached hydrogen (secondary N) is 2. The van der Waals surface area contributed by atoms with E-state index >= 15 is 0 Å². The highest BCUT2D eigenvalue weighted by Crippen LogP contribution is 2.24. The molecule has 0 bridgehead atoms. The normalized spacial score (nSPS) is 10.4. The molecule has 0 aliphatic heterocycles. The summed E-state index contributed by atoms with van der Waals surface area (Å²) in [6.07, 6.45) is -0.536. The van der Waals surface area contributed by atoms with E-state index in [1.54, 1.807) is 35.9 Å². The molecule has 0 radical (unpaired) electrons. The highest BCUT2D eigenvalue weighted by molar-refractivity contribution is 6.04. The number of rotatable bonds is 5. The Morgan fingerprint density at radius 1 is 1.00 bits per heavy atom. The van der Waals surface area contributed by atoms with Gasteiger partial charge in [0.1, 0.15) is 0 Å². The molecule has 0 saturated heterocycles. The zero-order valence-electron chi connectivity index (χ0n) is 16.0. The molecule has 1 aromatic heterocycles. The molecule has 28 heavy (non-hydrogen) atoms. The van der Waals surface area contributed by atoms with Gasteiger partial charge in [0.15, 0.2) is 5.69 Å². The molecule has 0 aliphatic rings. The SMILES string of the molecule is CCOC(=O)Nc1cccc(NC(=O)c2cc(C)n(-c3ccccc3)n2)c1C. The third-order valence-electron chi connectivity index (χ3n) is 4.21. The van der Waals surface area contributed by atoms with Crippen molar-refractivity contribution in [2.45, 2.75) is 20.8 Å². The lowest BCUT2D eigenvalue weighted by Gasteiger charge is -2.12. The Kier molecular flexibility index (Phi) is 5.74. The molecule has 7 nitrogen and oxygen atoms in total. The lowest BCUT2D eigenvalue weighted by Crippen LogP contribution is -2.17. The summed E-state index contributed by atoms with van der Waals surface area (Å²) in [5.41, 5.74) is 3.93. The van der Waals surface area contributed by atoms with E-state index < -0.39 is 6.09 Å². The molecule has 3 rings (SSSR count). The van der Waals surface area contributed by atoms with Gasteiger partial charge in [-0.2, -0.15) is 5.10 Å². The molecule has 1 heterocycles. The van der Waals surface area contributed by atoms with Crippen LogP contribution < -0.4 is 10.6 Å². The number of carbonyl (C=O) groups is 2. The summed E-state index contributed by atoms with van der Waals surface area (Å²) >= 11 is 0. The Hall–Kier alpha value is -3.61. The first-order chi connectivity index (χ1) is 13.5. The minimum Gasteiger partial charge on any atom is -0.450 e. The Labute approximate surface area is 163 Å². The summed E-state index contributed by atoms with van der Waals surface area (Å²) in [6.45, 7) is 5.72. The van der Waals surface area contributed by atoms with Gasteiger partial charge in [0.2, 0.25) is 0 Å². The number of benzene rings is 2. The largest absolute Gasteiger partial charge is 0.450 e. The maximum atomic E-state index is 12.7. The van der Waals surface area contributed by atoms with Crippen LogP contribution in [0.5, 0.6) is 0 Å². The molecule has 0 saturated carbocycles. The van der Waals surface area contributed by atoms with Gasteiger partial charge >= 0.3 is 6.09 Å². The smallest absolute Gasteiger partial charge is 0.411 e. The Morgan fingerprint density at radius 3 is 2.36 bits per heavy atom. The molecule has 0 atom stereocenters. The van der Waals surface area contributed by atoms with E-state index in [0.29, 0.717) is 17.1 Å². The number of para-hydroxylation sites is 1. The number of hydrogen-bond acceptors (Lipinski definition) is 4. The first kappa shape index (κ1) is 19.2. The van der Waals surface area contributed by atoms with Gasteiger partial charge in [-0.25, -0.2) is 9.48 Å². The Balaban J connectivity index is 1.79. The lowest BCUT2D eigenvalue weighted by atomic mass is 10.1. The summed E-state index contributed by atoms with van der Waals surface area (Å²) in [5.74, 6) is -0.325. The van der Waals surface area contributed by atoms with Crippen LogP contribution in [0, 0.1) is 13.8 Å². The van der Waals surface area contributed by atoms with E-state index in [9.17, 15) is 9.59 Å². The van der Waals surface area contributed by atoms with Crippen molar-refractivity contribution in [1.82, 2.24) is 9.78 Å². The minimum absolute atomic E-state index is 0.282. The van der Waals surface area contributed by atoms with Crippen LogP contribution in [0.1, 0.15) is 28.7 Å². The number of nitrogens with zero attached hydrogens (tertiary/aromatic N) is 2. The molecule has 2 amide bonds. The van der Waals surface area contributed by atoms with Crippen molar-refractivity contribution >= 4 is 23.4 Å². The van der Waals surface area contributed by atoms with E-state index in [1.165, 1.54) is 0 Å². The van der Waals surface area contributed by atoms with E-state index in [-0.39, 0.29) is 12.5 Å². The number of ether oxygens (including phenoxy) is 1. The van der Waals surface area contributed by atoms with Crippen molar-refractivity contribution in [3.63, 3.8) is 0 Å². The fraction of sp³-hybridized carbons (Fsp3) is 0.190. The van der Waals surface area contributed by atoms with E-state index in [2.05, 4.69) is 15.7 Å². The van der Waals surface area contributed by atoms with Gasteiger partial charge in [-0.15, -0.1) is 0 Å². The summed E-state index contributed by atoms with van der Waals surface area (Å²) in [7, 11) is 0. The van der Waals surface area contributed by atoms with Crippen LogP contribution in [0.4, 0.5) is 16.2 Å². The van der Waals surface area contributed by atoms with Crippen molar-refractivity contribution in [2.24, 2.45) is 0 Å². The van der Waals surface area contributed by atoms with Crippen molar-refractivity contribution in [2.75, 3.05) is 17.2 Å². The van der Waals surface area contributed by atoms with Gasteiger partial charge in [0.05, 0.1) is 12.3 Å². The minimum atomic E-state index is -0.536. The number of aryl methyl sites for hydroxylation is 1. The highest BCUT2D eigenvalue weighted by Gasteiger charge is 2.15. The molecule has 7 heteroatoms. The van der Waals surface area contributed by atoms with E-state index in [0.717, 1.165) is 16.9 Å². The van der Waals surface area contributed by atoms with Crippen LogP contribution in [0.15, 0.2) is 54.6 Å². The molecule has 0 unspecified atom stereocenters. The third kappa shape index (κ3) is 4.20. The second-order valence-corrected chi connectivity index (χ2v) is 6.20. The van der Waals surface area contributed by atoms with E-state index in [4.69, 9.17) is 4.74 Å². The van der Waals surface area contributed by atoms with Crippen LogP contribution in [0.3, 0.4) is 0 Å². The number of hydrogen-bond donors (Lipinski definition) is 2. The predicted octanol–water partition coefficient (Wildman–Crippen LogP) is 4.31. The maximum Gasteiger partial charge on any atom is 0.411 e. The Morgan fingerprint density at radius 2 is 1.68 bits per heavy atom. The highest BCUT2D eigenvalue weighted by atomic mass is 16.5. The molecule has 144 valence electrons. The predicted molar refractivity (Wildman–Crippen MR) is 108 cm³/mol. The number of aromatic nitrogens is 2. The molecule has 2 N–H and O–H groups in total. The molecule has 3 aromatic rings. The van der Waals surface area contributed by atoms with Crippen LogP contribution in [-0.4, -0.2) is 28.4 Å². The van der Waals surface area contributed by atoms with Crippen molar-refractivity contribution in [3.8, 4) is 5.69 Å². The second-order valence-electron chi connectivity index (χ2n) is 6.20. The van der Waals surface area contributed by atoms with Gasteiger partial charge < -0.3 is 10.1 Å². The zero-order valence-corrected chi connectivity index (χ0v) is 16.0. The van der Waals surface area contributed by atoms with E-state index in [1.807, 2.05) is 44.2 Å². The molecular weight excluding hydrogens is 356 g/mol. The third-order valence-corrected chi connectivity index (χ3v) is 4.21. The van der Waals surface area contributed by atoms with Gasteiger partial charge in [0.25, 0.3) is 5.91 Å². The number of amides is 2. The van der Waals surface area contributed by atoms with Crippen molar-refractivity contribution in [3.05, 3.63) is 71.5 Å². The maximum absolute atomic E-state index is 12.7. The van der Waals surface area contributed by atoms with Crippen molar-refractivity contribution < 1.29 is 14.3 Å². The molecule has 0 aliphatic carbocycles. The van der Waals surface area contributed by atoms with Gasteiger partial charge in [0, 0.05) is 17.1 Å². The van der Waals surface area contributed by atoms with Crippen molar-refractivity contribution in [1.29, 1.82) is 0 Å². The van der Waals surface area contributed by atoms with Crippen LogP contribution in [0.25, 0.3) is 5.69 Å². The number of carbonyl (C=O) groups excluding carboxylic acids is 2. The second kappa shape index (κ2) is 8.39. The molecule has 0 spiro atoms. The fourth-order valence-electron chi connectivity index (χ4n) is 2.79. The first-order valence-corrected chi connectivity index (χ1v) is 8.96. The summed E-state index contributed by atoms with van der Waals surface area (Å²) in [4.78, 5) is 24.4. The molecule has 2 aromatic carbocycles. The molecular formula is C21H22N4O3. The average molecular weight is 378 g/mol. The van der Waals surface area contributed by atoms with Crippen LogP contribution in [0.2, 0.25) is 0 Å². The zero-order chi connectivity index (χ0) is 20.1. The lowest BCUT2D eigenvalue weighted by molar-refractivity contribution is 0.102. The quantitative estimate of drug-likeness (QED) is 0.693. The summed E-state index contributed by atoms with van der Waals surface area (Å²) in [5, 5.41) is 9.94. The number of anilines is 2. The standard InChI is InChI=1S/C21H22N4O3/c1-4-28-21(27)23-18-12-8-11-17(15(18)3)22-20(26)19-13-14(2)25(24-19)16-9-6-5-7-10-16/h5-13H,4H2,1-3H3,(H,22,26)(H,23,27). The topological polar surface area (TPSA) is 85.3 Å². The summed E-state index contributed by atoms with van der Waals surface area (Å²) in [6, 6.07) is 16.6. The summed E-state index contributed by atoms with van der Waals surface area (Å²) < 4.78 is 6.62. The molecule has 0 fully saturated rings. The first-order valence-electron chi connectivity index (χ1n) is 8.96. The fourth-order valence-corrected chi connectivity index (χ4v) is 2.79. The Bertz CT molecular complexity index is 996. The van der Waals surface area contributed by atoms with Crippen LogP contribution in [-0.2, 0) is 4.74 Å².